The summed E-state index contributed by atoms with van der Waals surface area (Å²) in [6.45, 7) is 0. The monoisotopic (exact) mass is 369 g/mol. The van der Waals surface area contributed by atoms with Crippen LogP contribution in [0.4, 0.5) is 0 Å². The van der Waals surface area contributed by atoms with Crippen molar-refractivity contribution in [3.63, 3.8) is 0 Å². The highest BCUT2D eigenvalue weighted by Gasteiger charge is 2.30. The van der Waals surface area contributed by atoms with E-state index in [0.717, 1.165) is 10.1 Å². The summed E-state index contributed by atoms with van der Waals surface area (Å²) in [6, 6.07) is 7.40. The fraction of sp³-hybridized carbons (Fsp3) is 0.263. The molecule has 0 unspecified atom stereocenters. The van der Waals surface area contributed by atoms with Gasteiger partial charge in [-0.25, -0.2) is 9.78 Å². The van der Waals surface area contributed by atoms with E-state index in [0.29, 0.717) is 40.0 Å². The Balaban J connectivity index is 1.97. The third-order valence-electron chi connectivity index (χ3n) is 5.10. The number of hydrogen-bond donors (Lipinski definition) is 0. The molecule has 3 aromatic rings. The van der Waals surface area contributed by atoms with Crippen molar-refractivity contribution in [3.05, 3.63) is 73.0 Å². The lowest BCUT2D eigenvalue weighted by Gasteiger charge is -2.25. The lowest BCUT2D eigenvalue weighted by atomic mass is 9.79. The van der Waals surface area contributed by atoms with Gasteiger partial charge in [0.1, 0.15) is 5.65 Å². The van der Waals surface area contributed by atoms with Gasteiger partial charge in [0.15, 0.2) is 5.78 Å². The van der Waals surface area contributed by atoms with Gasteiger partial charge in [0.2, 0.25) is 0 Å². The number of benzene rings is 1. The van der Waals surface area contributed by atoms with Crippen molar-refractivity contribution in [1.82, 2.24) is 14.1 Å². The number of pyridine rings is 1. The van der Waals surface area contributed by atoms with Gasteiger partial charge in [-0.1, -0.05) is 23.7 Å². The second-order valence-corrected chi connectivity index (χ2v) is 7.07. The van der Waals surface area contributed by atoms with Gasteiger partial charge in [-0.05, 0) is 35.6 Å². The van der Waals surface area contributed by atoms with Gasteiger partial charge >= 0.3 is 5.69 Å². The van der Waals surface area contributed by atoms with Gasteiger partial charge in [0.25, 0.3) is 5.56 Å². The zero-order valence-electron chi connectivity index (χ0n) is 14.3. The van der Waals surface area contributed by atoms with E-state index in [2.05, 4.69) is 4.98 Å². The standard InChI is InChI=1S/C19H16ClN3O3/c1-22-17-16(18(25)23(2)19(22)26)13-7-11(8-15(24)14(13)9-21-17)10-3-5-12(20)6-4-10/h3-6,9,11H,7-8H2,1-2H3/t11-/m1/s1. The average molecular weight is 370 g/mol. The zero-order valence-corrected chi connectivity index (χ0v) is 15.1. The summed E-state index contributed by atoms with van der Waals surface area (Å²) in [5.41, 5.74) is 1.59. The minimum Gasteiger partial charge on any atom is -0.294 e. The smallest absolute Gasteiger partial charge is 0.294 e. The van der Waals surface area contributed by atoms with Gasteiger partial charge in [-0.3, -0.25) is 18.7 Å². The number of aryl methyl sites for hydroxylation is 1. The third kappa shape index (κ3) is 2.41. The SMILES string of the molecule is Cn1c(=O)c2c3c(cnc2n(C)c1=O)C(=O)C[C@H](c1ccc(Cl)cc1)C3. The maximum Gasteiger partial charge on any atom is 0.332 e. The van der Waals surface area contributed by atoms with Crippen molar-refractivity contribution in [1.29, 1.82) is 0 Å². The molecule has 0 saturated carbocycles. The molecule has 4 rings (SSSR count). The van der Waals surface area contributed by atoms with E-state index in [9.17, 15) is 14.4 Å². The van der Waals surface area contributed by atoms with E-state index in [-0.39, 0.29) is 11.7 Å². The first kappa shape index (κ1) is 16.7. The number of nitrogens with zero attached hydrogens (tertiary/aromatic N) is 3. The number of fused-ring (bicyclic) bond motifs is 3. The van der Waals surface area contributed by atoms with Gasteiger partial charge in [-0.15, -0.1) is 0 Å². The lowest BCUT2D eigenvalue weighted by Crippen LogP contribution is -2.38. The average Bonchev–Trinajstić information content (AvgIpc) is 2.64. The highest BCUT2D eigenvalue weighted by molar-refractivity contribution is 6.30. The van der Waals surface area contributed by atoms with Gasteiger partial charge < -0.3 is 0 Å². The van der Waals surface area contributed by atoms with E-state index >= 15 is 0 Å². The zero-order chi connectivity index (χ0) is 18.6. The van der Waals surface area contributed by atoms with Crippen LogP contribution in [0.1, 0.15) is 33.8 Å². The Hall–Kier alpha value is -2.73. The molecule has 0 radical (unpaired) electrons. The fourth-order valence-electron chi connectivity index (χ4n) is 3.66. The minimum atomic E-state index is -0.439. The molecule has 0 N–H and O–H groups in total. The molecule has 1 aliphatic carbocycles. The number of rotatable bonds is 1. The molecular weight excluding hydrogens is 354 g/mol. The fourth-order valence-corrected chi connectivity index (χ4v) is 3.79. The second kappa shape index (κ2) is 5.92. The maximum atomic E-state index is 12.7. The lowest BCUT2D eigenvalue weighted by molar-refractivity contribution is 0.0964. The Morgan fingerprint density at radius 2 is 1.73 bits per heavy atom. The summed E-state index contributed by atoms with van der Waals surface area (Å²) in [5, 5.41) is 0.980. The second-order valence-electron chi connectivity index (χ2n) is 6.63. The number of aromatic nitrogens is 3. The van der Waals surface area contributed by atoms with E-state index in [1.807, 2.05) is 12.1 Å². The predicted molar refractivity (Wildman–Crippen MR) is 99.1 cm³/mol. The highest BCUT2D eigenvalue weighted by Crippen LogP contribution is 2.35. The van der Waals surface area contributed by atoms with Crippen LogP contribution in [0, 0.1) is 0 Å². The topological polar surface area (TPSA) is 74.0 Å². The molecule has 26 heavy (non-hydrogen) atoms. The van der Waals surface area contributed by atoms with Gasteiger partial charge in [0, 0.05) is 37.3 Å². The molecule has 7 heteroatoms. The van der Waals surface area contributed by atoms with E-state index < -0.39 is 11.2 Å². The Bertz CT molecular complexity index is 1180. The summed E-state index contributed by atoms with van der Waals surface area (Å²) in [4.78, 5) is 41.8. The summed E-state index contributed by atoms with van der Waals surface area (Å²) >= 11 is 5.96. The third-order valence-corrected chi connectivity index (χ3v) is 5.35. The van der Waals surface area contributed by atoms with Crippen LogP contribution in [0.15, 0.2) is 40.1 Å². The number of hydrogen-bond acceptors (Lipinski definition) is 4. The number of ketones is 1. The van der Waals surface area contributed by atoms with Crippen LogP contribution in [-0.4, -0.2) is 19.9 Å². The molecule has 6 nitrogen and oxygen atoms in total. The molecule has 1 aliphatic rings. The molecule has 0 saturated heterocycles. The molecule has 0 fully saturated rings. The molecule has 0 aliphatic heterocycles. The molecule has 132 valence electrons. The molecule has 2 heterocycles. The van der Waals surface area contributed by atoms with Crippen LogP contribution in [0.3, 0.4) is 0 Å². The quantitative estimate of drug-likeness (QED) is 0.659. The van der Waals surface area contributed by atoms with Crippen molar-refractivity contribution in [2.45, 2.75) is 18.8 Å². The summed E-state index contributed by atoms with van der Waals surface area (Å²) in [7, 11) is 3.01. The molecule has 1 aromatic carbocycles. The van der Waals surface area contributed by atoms with E-state index in [1.54, 1.807) is 19.2 Å². The first-order valence-electron chi connectivity index (χ1n) is 8.24. The largest absolute Gasteiger partial charge is 0.332 e. The molecule has 0 bridgehead atoms. The van der Waals surface area contributed by atoms with Crippen molar-refractivity contribution in [2.75, 3.05) is 0 Å². The van der Waals surface area contributed by atoms with Crippen LogP contribution in [-0.2, 0) is 20.5 Å². The van der Waals surface area contributed by atoms with Crippen molar-refractivity contribution >= 4 is 28.4 Å². The number of carbonyl (C=O) groups is 1. The van der Waals surface area contributed by atoms with Crippen molar-refractivity contribution in [2.24, 2.45) is 14.1 Å². The van der Waals surface area contributed by atoms with E-state index in [4.69, 9.17) is 11.6 Å². The van der Waals surface area contributed by atoms with Gasteiger partial charge in [-0.2, -0.15) is 0 Å². The molecule has 0 spiro atoms. The summed E-state index contributed by atoms with van der Waals surface area (Å²) < 4.78 is 2.40. The van der Waals surface area contributed by atoms with Crippen molar-refractivity contribution < 1.29 is 4.79 Å². The Kier molecular flexibility index (Phi) is 3.80. The first-order chi connectivity index (χ1) is 12.4. The molecule has 1 atom stereocenters. The van der Waals surface area contributed by atoms with Crippen LogP contribution in [0.25, 0.3) is 11.0 Å². The maximum absolute atomic E-state index is 12.7. The Morgan fingerprint density at radius 1 is 1.04 bits per heavy atom. The molecular formula is C19H16ClN3O3. The Labute approximate surface area is 153 Å². The molecule has 0 amide bonds. The van der Waals surface area contributed by atoms with Gasteiger partial charge in [0.05, 0.1) is 5.39 Å². The summed E-state index contributed by atoms with van der Waals surface area (Å²) in [5.74, 6) is -0.0867. The van der Waals surface area contributed by atoms with E-state index in [1.165, 1.54) is 17.8 Å². The van der Waals surface area contributed by atoms with Crippen molar-refractivity contribution in [3.8, 4) is 0 Å². The normalized spacial score (nSPS) is 16.7. The molecule has 2 aromatic heterocycles. The Morgan fingerprint density at radius 3 is 2.42 bits per heavy atom. The number of carbonyl (C=O) groups excluding carboxylic acids is 1. The van der Waals surface area contributed by atoms with Crippen LogP contribution < -0.4 is 11.2 Å². The summed E-state index contributed by atoms with van der Waals surface area (Å²) in [6.07, 6.45) is 2.38. The number of halogens is 1. The highest BCUT2D eigenvalue weighted by atomic mass is 35.5. The predicted octanol–water partition coefficient (Wildman–Crippen LogP) is 2.20. The van der Waals surface area contributed by atoms with Crippen LogP contribution >= 0.6 is 11.6 Å². The first-order valence-corrected chi connectivity index (χ1v) is 8.62. The minimum absolute atomic E-state index is 0.0418. The number of Topliss-reactive ketones (excluding diaryl/α,β-unsaturated/α-hetero) is 1. The van der Waals surface area contributed by atoms with Crippen LogP contribution in [0.5, 0.6) is 0 Å². The van der Waals surface area contributed by atoms with Crippen LogP contribution in [0.2, 0.25) is 5.02 Å².